The van der Waals surface area contributed by atoms with E-state index in [4.69, 9.17) is 15.5 Å². The van der Waals surface area contributed by atoms with Crippen LogP contribution in [0.2, 0.25) is 0 Å². The molecule has 1 atom stereocenters. The molecule has 20 heavy (non-hydrogen) atoms. The quantitative estimate of drug-likeness (QED) is 0.869. The normalized spacial score (nSPS) is 19.5. The molecule has 1 aliphatic rings. The van der Waals surface area contributed by atoms with Crippen LogP contribution >= 0.6 is 0 Å². The summed E-state index contributed by atoms with van der Waals surface area (Å²) in [5.74, 6) is 0.910. The van der Waals surface area contributed by atoms with Crippen LogP contribution in [-0.4, -0.2) is 42.5 Å². The minimum Gasteiger partial charge on any atom is -0.394 e. The molecule has 1 saturated heterocycles. The Labute approximate surface area is 118 Å². The molecule has 2 heterocycles. The van der Waals surface area contributed by atoms with Crippen molar-refractivity contribution in [2.24, 2.45) is 5.73 Å². The second-order valence-electron chi connectivity index (χ2n) is 4.99. The van der Waals surface area contributed by atoms with Crippen molar-refractivity contribution in [3.63, 3.8) is 0 Å². The van der Waals surface area contributed by atoms with Crippen LogP contribution in [0.3, 0.4) is 0 Å². The van der Waals surface area contributed by atoms with Crippen LogP contribution in [0.25, 0.3) is 10.9 Å². The van der Waals surface area contributed by atoms with E-state index in [2.05, 4.69) is 11.0 Å². The van der Waals surface area contributed by atoms with E-state index in [0.717, 1.165) is 28.8 Å². The van der Waals surface area contributed by atoms with E-state index in [1.807, 2.05) is 24.3 Å². The highest BCUT2D eigenvalue weighted by molar-refractivity contribution is 5.81. The molecule has 1 aromatic carbocycles. The number of morpholine rings is 1. The molecule has 0 saturated carbocycles. The van der Waals surface area contributed by atoms with Gasteiger partial charge in [0.15, 0.2) is 0 Å². The number of para-hydroxylation sites is 1. The number of pyridine rings is 1. The lowest BCUT2D eigenvalue weighted by molar-refractivity contribution is 0.00333. The number of rotatable bonds is 3. The molecule has 3 rings (SSSR count). The molecule has 3 N–H and O–H groups in total. The average molecular weight is 273 g/mol. The molecule has 5 heteroatoms. The third-order valence-electron chi connectivity index (χ3n) is 3.64. The molecule has 0 radical (unpaired) electrons. The first-order valence-electron chi connectivity index (χ1n) is 6.88. The van der Waals surface area contributed by atoms with Crippen molar-refractivity contribution < 1.29 is 9.84 Å². The fraction of sp³-hybridized carbons (Fsp3) is 0.400. The van der Waals surface area contributed by atoms with Gasteiger partial charge in [0.05, 0.1) is 24.8 Å². The number of ether oxygens (including phenoxy) is 1. The maximum atomic E-state index is 9.26. The van der Waals surface area contributed by atoms with E-state index in [-0.39, 0.29) is 12.7 Å². The fourth-order valence-electron chi connectivity index (χ4n) is 2.60. The van der Waals surface area contributed by atoms with Gasteiger partial charge in [0.1, 0.15) is 5.82 Å². The third-order valence-corrected chi connectivity index (χ3v) is 3.64. The lowest BCUT2D eigenvalue weighted by atomic mass is 10.1. The smallest absolute Gasteiger partial charge is 0.133 e. The van der Waals surface area contributed by atoms with Crippen molar-refractivity contribution in [1.29, 1.82) is 0 Å². The summed E-state index contributed by atoms with van der Waals surface area (Å²) in [5, 5.41) is 10.4. The van der Waals surface area contributed by atoms with Gasteiger partial charge in [-0.05, 0) is 12.1 Å². The summed E-state index contributed by atoms with van der Waals surface area (Å²) in [6.45, 7) is 2.50. The molecule has 0 spiro atoms. The van der Waals surface area contributed by atoms with Crippen molar-refractivity contribution in [2.45, 2.75) is 12.6 Å². The van der Waals surface area contributed by atoms with Crippen LogP contribution in [0, 0.1) is 0 Å². The summed E-state index contributed by atoms with van der Waals surface area (Å²) in [6, 6.07) is 10.1. The maximum Gasteiger partial charge on any atom is 0.133 e. The van der Waals surface area contributed by atoms with Gasteiger partial charge < -0.3 is 20.5 Å². The summed E-state index contributed by atoms with van der Waals surface area (Å²) < 4.78 is 5.49. The van der Waals surface area contributed by atoms with E-state index in [0.29, 0.717) is 19.7 Å². The predicted molar refractivity (Wildman–Crippen MR) is 78.7 cm³/mol. The van der Waals surface area contributed by atoms with Crippen molar-refractivity contribution >= 4 is 16.7 Å². The van der Waals surface area contributed by atoms with Crippen LogP contribution in [0.15, 0.2) is 30.3 Å². The Morgan fingerprint density at radius 3 is 3.05 bits per heavy atom. The van der Waals surface area contributed by atoms with E-state index in [1.54, 1.807) is 0 Å². The van der Waals surface area contributed by atoms with Gasteiger partial charge in [0.25, 0.3) is 0 Å². The Kier molecular flexibility index (Phi) is 3.82. The largest absolute Gasteiger partial charge is 0.394 e. The highest BCUT2D eigenvalue weighted by Gasteiger charge is 2.22. The number of nitrogens with zero attached hydrogens (tertiary/aromatic N) is 2. The number of anilines is 1. The summed E-state index contributed by atoms with van der Waals surface area (Å²) in [7, 11) is 0. The number of hydrogen-bond donors (Lipinski definition) is 2. The maximum absolute atomic E-state index is 9.26. The standard InChI is InChI=1S/C15H19N3O2/c16-8-12-7-11-3-1-2-4-14(11)17-15(12)18-5-6-20-13(9-18)10-19/h1-4,7,13,19H,5-6,8-10,16H2. The molecule has 106 valence electrons. The zero-order chi connectivity index (χ0) is 13.9. The van der Waals surface area contributed by atoms with Gasteiger partial charge in [-0.25, -0.2) is 4.98 Å². The van der Waals surface area contributed by atoms with Gasteiger partial charge in [-0.1, -0.05) is 18.2 Å². The predicted octanol–water partition coefficient (Wildman–Crippen LogP) is 0.891. The van der Waals surface area contributed by atoms with Crippen molar-refractivity contribution in [3.8, 4) is 0 Å². The molecule has 2 aromatic rings. The monoisotopic (exact) mass is 273 g/mol. The Bertz CT molecular complexity index is 603. The number of benzene rings is 1. The van der Waals surface area contributed by atoms with Gasteiger partial charge in [-0.2, -0.15) is 0 Å². The molecule has 1 aromatic heterocycles. The van der Waals surface area contributed by atoms with Crippen molar-refractivity contribution in [3.05, 3.63) is 35.9 Å². The first-order chi connectivity index (χ1) is 9.81. The highest BCUT2D eigenvalue weighted by atomic mass is 16.5. The zero-order valence-corrected chi connectivity index (χ0v) is 11.3. The molecular weight excluding hydrogens is 254 g/mol. The zero-order valence-electron chi connectivity index (χ0n) is 11.3. The number of aromatic nitrogens is 1. The summed E-state index contributed by atoms with van der Waals surface area (Å²) >= 11 is 0. The first kappa shape index (κ1) is 13.3. The van der Waals surface area contributed by atoms with Crippen LogP contribution in [0.5, 0.6) is 0 Å². The number of aliphatic hydroxyl groups excluding tert-OH is 1. The fourth-order valence-corrected chi connectivity index (χ4v) is 2.60. The minimum atomic E-state index is -0.150. The molecule has 1 fully saturated rings. The lowest BCUT2D eigenvalue weighted by Crippen LogP contribution is -2.45. The van der Waals surface area contributed by atoms with Gasteiger partial charge in [-0.15, -0.1) is 0 Å². The molecule has 1 aliphatic heterocycles. The minimum absolute atomic E-state index is 0.0298. The molecule has 1 unspecified atom stereocenters. The molecule has 5 nitrogen and oxygen atoms in total. The Hall–Kier alpha value is -1.69. The second kappa shape index (κ2) is 5.75. The van der Waals surface area contributed by atoms with Crippen molar-refractivity contribution in [1.82, 2.24) is 4.98 Å². The highest BCUT2D eigenvalue weighted by Crippen LogP contribution is 2.24. The lowest BCUT2D eigenvalue weighted by Gasteiger charge is -2.34. The summed E-state index contributed by atoms with van der Waals surface area (Å²) in [4.78, 5) is 6.90. The van der Waals surface area contributed by atoms with E-state index in [1.165, 1.54) is 0 Å². The topological polar surface area (TPSA) is 71.6 Å². The van der Waals surface area contributed by atoms with E-state index < -0.39 is 0 Å². The van der Waals surface area contributed by atoms with Gasteiger partial charge in [0, 0.05) is 30.6 Å². The SMILES string of the molecule is NCc1cc2ccccc2nc1N1CCOC(CO)C1. The van der Waals surface area contributed by atoms with E-state index >= 15 is 0 Å². The Balaban J connectivity index is 2.00. The van der Waals surface area contributed by atoms with Gasteiger partial charge in [0.2, 0.25) is 0 Å². The third kappa shape index (κ3) is 2.47. The molecule has 0 amide bonds. The number of fused-ring (bicyclic) bond motifs is 1. The van der Waals surface area contributed by atoms with Gasteiger partial charge >= 0.3 is 0 Å². The van der Waals surface area contributed by atoms with Crippen LogP contribution < -0.4 is 10.6 Å². The molecular formula is C15H19N3O2. The molecule has 0 bridgehead atoms. The van der Waals surface area contributed by atoms with Crippen molar-refractivity contribution in [2.75, 3.05) is 31.2 Å². The number of aliphatic hydroxyl groups is 1. The van der Waals surface area contributed by atoms with E-state index in [9.17, 15) is 5.11 Å². The molecule has 0 aliphatic carbocycles. The Morgan fingerprint density at radius 1 is 1.40 bits per heavy atom. The van der Waals surface area contributed by atoms with Gasteiger partial charge in [-0.3, -0.25) is 0 Å². The average Bonchev–Trinajstić information content (AvgIpc) is 2.53. The van der Waals surface area contributed by atoms with Crippen LogP contribution in [0.1, 0.15) is 5.56 Å². The van der Waals surface area contributed by atoms with Crippen LogP contribution in [0.4, 0.5) is 5.82 Å². The second-order valence-corrected chi connectivity index (χ2v) is 4.99. The first-order valence-corrected chi connectivity index (χ1v) is 6.88. The van der Waals surface area contributed by atoms with Crippen LogP contribution in [-0.2, 0) is 11.3 Å². The summed E-state index contributed by atoms with van der Waals surface area (Å²) in [6.07, 6.45) is -0.150. The Morgan fingerprint density at radius 2 is 2.25 bits per heavy atom. The number of hydrogen-bond acceptors (Lipinski definition) is 5. The summed E-state index contributed by atoms with van der Waals surface area (Å²) in [5.41, 5.74) is 7.86. The number of nitrogens with two attached hydrogens (primary N) is 1.